The van der Waals surface area contributed by atoms with Crippen LogP contribution in [-0.4, -0.2) is 109 Å². The molecule has 0 aromatic carbocycles. The Morgan fingerprint density at radius 2 is 1.33 bits per heavy atom. The lowest BCUT2D eigenvalue weighted by molar-refractivity contribution is -0.743. The second kappa shape index (κ2) is 19.5. The molecule has 0 aliphatic carbocycles. The molecule has 0 saturated carbocycles. The van der Waals surface area contributed by atoms with Crippen LogP contribution in [0.2, 0.25) is 33.2 Å². The van der Waals surface area contributed by atoms with E-state index in [0.717, 1.165) is 6.29 Å². The minimum absolute atomic E-state index is 0.0677. The molecule has 46 heavy (non-hydrogen) atoms. The number of hydrogen-bond acceptors (Lipinski definition) is 10. The van der Waals surface area contributed by atoms with Gasteiger partial charge in [-0.1, -0.05) is 94.9 Å². The third-order valence-electron chi connectivity index (χ3n) is 9.12. The highest BCUT2D eigenvalue weighted by Crippen LogP contribution is 2.42. The number of epoxide rings is 1. The quantitative estimate of drug-likeness (QED) is 0.0475. The number of rotatable bonds is 11. The van der Waals surface area contributed by atoms with Crippen molar-refractivity contribution in [3.8, 4) is 22.9 Å². The van der Waals surface area contributed by atoms with Gasteiger partial charge in [0.1, 0.15) is 41.6 Å². The van der Waals surface area contributed by atoms with Crippen LogP contribution in [0.4, 0.5) is 0 Å². The highest BCUT2D eigenvalue weighted by atomic mass is 28.3. The second-order valence-corrected chi connectivity index (χ2v) is 24.8. The van der Waals surface area contributed by atoms with Crippen LogP contribution >= 0.6 is 0 Å². The molecule has 5 atom stereocenters. The van der Waals surface area contributed by atoms with Crippen molar-refractivity contribution in [3.63, 3.8) is 0 Å². The molecular formula is C32H58N2O10Si2. The van der Waals surface area contributed by atoms with E-state index in [1.54, 1.807) is 0 Å². The molecule has 0 aromatic rings. The van der Waals surface area contributed by atoms with Crippen molar-refractivity contribution in [2.75, 3.05) is 19.8 Å². The zero-order valence-electron chi connectivity index (χ0n) is 29.7. The normalized spacial score (nSPS) is 21.5. The first-order valence-electron chi connectivity index (χ1n) is 16.1. The van der Waals surface area contributed by atoms with Gasteiger partial charge in [-0.25, -0.2) is 0 Å². The van der Waals surface area contributed by atoms with Crippen LogP contribution < -0.4 is 0 Å². The van der Waals surface area contributed by atoms with E-state index in [1.807, 2.05) is 0 Å². The number of carbonyl (C=O) groups is 1. The van der Waals surface area contributed by atoms with Gasteiger partial charge in [0.2, 0.25) is 6.54 Å². The van der Waals surface area contributed by atoms with Crippen LogP contribution in [0, 0.1) is 38.2 Å². The predicted octanol–water partition coefficient (Wildman–Crippen LogP) is 3.62. The van der Waals surface area contributed by atoms with Gasteiger partial charge in [-0.3, -0.25) is 15.3 Å². The summed E-state index contributed by atoms with van der Waals surface area (Å²) in [6.07, 6.45) is -3.34. The maximum atomic E-state index is 11.4. The van der Waals surface area contributed by atoms with Crippen molar-refractivity contribution in [2.45, 2.75) is 147 Å². The number of ether oxygens (including phenoxy) is 1. The van der Waals surface area contributed by atoms with E-state index in [1.165, 1.54) is 0 Å². The lowest BCUT2D eigenvalue weighted by atomic mass is 10.1. The van der Waals surface area contributed by atoms with Crippen molar-refractivity contribution in [1.82, 2.24) is 0 Å². The Bertz CT molecular complexity index is 1090. The maximum Gasteiger partial charge on any atom is 0.276 e. The molecule has 0 aromatic heterocycles. The first-order chi connectivity index (χ1) is 21.2. The van der Waals surface area contributed by atoms with Crippen LogP contribution in [0.1, 0.15) is 83.1 Å². The van der Waals surface area contributed by atoms with Gasteiger partial charge in [0.25, 0.3) is 5.71 Å². The van der Waals surface area contributed by atoms with E-state index in [9.17, 15) is 30.3 Å². The summed E-state index contributed by atoms with van der Waals surface area (Å²) in [5.74, 6) is 6.03. The predicted molar refractivity (Wildman–Crippen MR) is 184 cm³/mol. The second-order valence-electron chi connectivity index (χ2n) is 13.6. The van der Waals surface area contributed by atoms with Crippen LogP contribution in [0.15, 0.2) is 0 Å². The molecule has 0 spiro atoms. The Labute approximate surface area is 277 Å². The van der Waals surface area contributed by atoms with Gasteiger partial charge in [0.15, 0.2) is 24.6 Å². The summed E-state index contributed by atoms with van der Waals surface area (Å²) in [4.78, 5) is 24.1. The smallest absolute Gasteiger partial charge is 0.276 e. The minimum Gasteiger partial charge on any atom is -0.393 e. The fourth-order valence-corrected chi connectivity index (χ4v) is 17.2. The van der Waals surface area contributed by atoms with Crippen molar-refractivity contribution in [2.24, 2.45) is 0 Å². The van der Waals surface area contributed by atoms with Gasteiger partial charge in [-0.05, 0) is 33.2 Å². The maximum absolute atomic E-state index is 11.4. The van der Waals surface area contributed by atoms with Gasteiger partial charge in [0.05, 0.1) is 0 Å². The van der Waals surface area contributed by atoms with E-state index in [0.29, 0.717) is 33.2 Å². The Balaban J connectivity index is 0.000000770. The summed E-state index contributed by atoms with van der Waals surface area (Å²) in [6, 6.07) is 0. The molecule has 4 N–H and O–H groups in total. The summed E-state index contributed by atoms with van der Waals surface area (Å²) in [5.41, 5.74) is 9.80. The lowest BCUT2D eigenvalue weighted by Gasteiger charge is -2.38. The topological polar surface area (TPSA) is 189 Å². The molecule has 2 rings (SSSR count). The number of aliphatic hydroxyl groups is 4. The molecule has 2 aliphatic heterocycles. The monoisotopic (exact) mass is 686 g/mol. The molecule has 1 fully saturated rings. The van der Waals surface area contributed by atoms with Crippen LogP contribution in [0.5, 0.6) is 0 Å². The summed E-state index contributed by atoms with van der Waals surface area (Å²) in [6.45, 7) is 25.3. The van der Waals surface area contributed by atoms with E-state index < -0.39 is 46.0 Å². The average molecular weight is 687 g/mol. The minimum atomic E-state index is -2.01. The number of hydrogen-bond donors (Lipinski definition) is 4. The molecule has 0 radical (unpaired) electrons. The molecule has 0 bridgehead atoms. The first-order valence-corrected chi connectivity index (χ1v) is 20.5. The van der Waals surface area contributed by atoms with E-state index in [-0.39, 0.29) is 36.0 Å². The fraction of sp³-hybridized carbons (Fsp3) is 0.812. The number of nitro groups is 1. The Morgan fingerprint density at radius 3 is 1.61 bits per heavy atom. The lowest BCUT2D eigenvalue weighted by Crippen LogP contribution is -2.44. The summed E-state index contributed by atoms with van der Waals surface area (Å²) in [5, 5.41) is 57.8. The number of nitrogens with zero attached hydrogens (tertiary/aromatic N) is 2. The standard InChI is InChI=1S/C16H29NO5Si.C14H24O2Si.C2H5NO3/c1-10(2)23(11(3)4,12(5)6)8-7-14(19)16-15(20)13(9-18)17(21)22-16;1-10(2)17(11(3)4,12(5)6)8-7-13-14(9-15)16-13;4-2-1-3(5)6/h10-12,14-16,18-20H,9H2,1-6H3;9-14H,1-6H3;4H,1-2H2/t14-,15-,16-;13-,14-;/m11./s1. The van der Waals surface area contributed by atoms with E-state index >= 15 is 0 Å². The molecule has 12 nitrogen and oxygen atoms in total. The Hall–Kier alpha value is -2.31. The van der Waals surface area contributed by atoms with Crippen molar-refractivity contribution >= 4 is 28.1 Å². The largest absolute Gasteiger partial charge is 0.393 e. The highest BCUT2D eigenvalue weighted by molar-refractivity contribution is 6.91. The van der Waals surface area contributed by atoms with Gasteiger partial charge in [-0.2, -0.15) is 0 Å². The molecule has 264 valence electrons. The third kappa shape index (κ3) is 11.1. The molecule has 2 aliphatic rings. The van der Waals surface area contributed by atoms with Gasteiger partial charge >= 0.3 is 0 Å². The molecule has 2 heterocycles. The summed E-state index contributed by atoms with van der Waals surface area (Å²) in [7, 11) is -3.66. The molecule has 14 heteroatoms. The third-order valence-corrected chi connectivity index (χ3v) is 21.7. The Kier molecular flexibility index (Phi) is 18.5. The SMILES string of the molecule is CC(C)[Si](C#C[C@@H](O)[C@H]1O[N+]([O-])=C(CO)[C@H]1O)(C(C)C)C(C)C.CC(C)[Si](C#C[C@H]1O[C@@H]1C=O)(C(C)C)C(C)C.O=[N+]([O-])CCO. The first kappa shape index (κ1) is 43.7. The molecule has 1 saturated heterocycles. The zero-order valence-corrected chi connectivity index (χ0v) is 31.7. The van der Waals surface area contributed by atoms with Crippen molar-refractivity contribution in [3.05, 3.63) is 15.3 Å². The van der Waals surface area contributed by atoms with Gasteiger partial charge < -0.3 is 34.8 Å². The number of carbonyl (C=O) groups excluding carboxylic acids is 1. The van der Waals surface area contributed by atoms with Crippen LogP contribution in [0.25, 0.3) is 0 Å². The van der Waals surface area contributed by atoms with Crippen LogP contribution in [0.3, 0.4) is 0 Å². The van der Waals surface area contributed by atoms with Crippen molar-refractivity contribution < 1.29 is 44.6 Å². The van der Waals surface area contributed by atoms with Crippen LogP contribution in [-0.2, 0) is 14.4 Å². The molecule has 0 amide bonds. The zero-order chi connectivity index (χ0) is 36.2. The molecule has 0 unspecified atom stereocenters. The highest BCUT2D eigenvalue weighted by Gasteiger charge is 2.45. The summed E-state index contributed by atoms with van der Waals surface area (Å²) < 4.78 is 5.18. The van der Waals surface area contributed by atoms with Crippen molar-refractivity contribution in [1.29, 1.82) is 0 Å². The fourth-order valence-electron chi connectivity index (χ4n) is 6.68. The molecular weight excluding hydrogens is 629 g/mol. The summed E-state index contributed by atoms with van der Waals surface area (Å²) >= 11 is 0. The van der Waals surface area contributed by atoms with Gasteiger partial charge in [0, 0.05) is 9.83 Å². The number of aliphatic hydroxyl groups excluding tert-OH is 4. The van der Waals surface area contributed by atoms with Gasteiger partial charge in [-0.15, -0.1) is 11.1 Å². The Morgan fingerprint density at radius 1 is 0.891 bits per heavy atom. The van der Waals surface area contributed by atoms with E-state index in [4.69, 9.17) is 19.8 Å². The van der Waals surface area contributed by atoms with E-state index in [2.05, 4.69) is 106 Å². The average Bonchev–Trinajstić information content (AvgIpc) is 3.64. The number of aldehydes is 1.